The van der Waals surface area contributed by atoms with Crippen molar-refractivity contribution in [3.8, 4) is 0 Å². The van der Waals surface area contributed by atoms with Gasteiger partial charge >= 0.3 is 0 Å². The molecular formula is C17H19ClN4O3. The molecule has 1 aromatic carbocycles. The Morgan fingerprint density at radius 3 is 2.40 bits per heavy atom. The highest BCUT2D eigenvalue weighted by molar-refractivity contribution is 6.39. The number of piperazine rings is 1. The molecular weight excluding hydrogens is 344 g/mol. The third-order valence-corrected chi connectivity index (χ3v) is 4.74. The summed E-state index contributed by atoms with van der Waals surface area (Å²) in [5.74, 6) is -0.341. The quantitative estimate of drug-likeness (QED) is 0.864. The maximum Gasteiger partial charge on any atom is 0.270 e. The molecule has 0 radical (unpaired) electrons. The molecule has 2 aliphatic heterocycles. The van der Waals surface area contributed by atoms with Crippen LogP contribution in [0.3, 0.4) is 0 Å². The van der Waals surface area contributed by atoms with Crippen LogP contribution in [0.1, 0.15) is 18.4 Å². The first-order chi connectivity index (χ1) is 12.0. The van der Waals surface area contributed by atoms with Crippen molar-refractivity contribution in [1.29, 1.82) is 0 Å². The minimum absolute atomic E-state index is 0.00229. The maximum absolute atomic E-state index is 12.4. The summed E-state index contributed by atoms with van der Waals surface area (Å²) in [7, 11) is 0. The molecule has 0 bridgehead atoms. The Labute approximate surface area is 150 Å². The lowest BCUT2D eigenvalue weighted by molar-refractivity contribution is -0.136. The highest BCUT2D eigenvalue weighted by Crippen LogP contribution is 2.17. The van der Waals surface area contributed by atoms with Gasteiger partial charge in [-0.05, 0) is 11.6 Å². The summed E-state index contributed by atoms with van der Waals surface area (Å²) in [6.45, 7) is 1.88. The van der Waals surface area contributed by atoms with Crippen molar-refractivity contribution in [2.45, 2.75) is 19.3 Å². The molecule has 1 aromatic rings. The molecule has 1 fully saturated rings. The lowest BCUT2D eigenvalue weighted by Crippen LogP contribution is -2.53. The summed E-state index contributed by atoms with van der Waals surface area (Å²) >= 11 is 6.10. The second-order valence-electron chi connectivity index (χ2n) is 6.03. The van der Waals surface area contributed by atoms with E-state index >= 15 is 0 Å². The molecule has 1 N–H and O–H groups in total. The smallest absolute Gasteiger partial charge is 0.270 e. The van der Waals surface area contributed by atoms with Gasteiger partial charge in [0.15, 0.2) is 0 Å². The number of hydrazone groups is 1. The maximum atomic E-state index is 12.4. The highest BCUT2D eigenvalue weighted by Gasteiger charge is 2.28. The second-order valence-corrected chi connectivity index (χ2v) is 6.44. The van der Waals surface area contributed by atoms with Crippen LogP contribution in [0, 0.1) is 0 Å². The fraction of sp³-hybridized carbons (Fsp3) is 0.412. The zero-order valence-electron chi connectivity index (χ0n) is 13.7. The van der Waals surface area contributed by atoms with Crippen LogP contribution in [0.5, 0.6) is 0 Å². The summed E-state index contributed by atoms with van der Waals surface area (Å²) in [6, 6.07) is 7.30. The monoisotopic (exact) mass is 362 g/mol. The molecule has 2 aliphatic rings. The Balaban J connectivity index is 1.53. The third kappa shape index (κ3) is 4.17. The van der Waals surface area contributed by atoms with Crippen LogP contribution in [-0.4, -0.2) is 59.4 Å². The zero-order chi connectivity index (χ0) is 17.8. The number of hydrogen-bond acceptors (Lipinski definition) is 4. The number of amides is 3. The summed E-state index contributed by atoms with van der Waals surface area (Å²) in [5, 5.41) is 4.42. The normalized spacial score (nSPS) is 17.8. The largest absolute Gasteiger partial charge is 0.339 e. The van der Waals surface area contributed by atoms with Crippen molar-refractivity contribution >= 4 is 35.0 Å². The number of carbonyl (C=O) groups excluding carboxylic acids is 3. The number of halogens is 1. The van der Waals surface area contributed by atoms with Crippen LogP contribution in [0.15, 0.2) is 29.4 Å². The van der Waals surface area contributed by atoms with E-state index in [4.69, 9.17) is 11.6 Å². The molecule has 2 heterocycles. The summed E-state index contributed by atoms with van der Waals surface area (Å²) in [4.78, 5) is 39.3. The molecule has 0 aromatic heterocycles. The second kappa shape index (κ2) is 7.65. The molecule has 8 heteroatoms. The average Bonchev–Trinajstić information content (AvgIpc) is 2.64. The lowest BCUT2D eigenvalue weighted by atomic mass is 10.1. The number of hydrogen-bond donors (Lipinski definition) is 1. The first kappa shape index (κ1) is 17.4. The Morgan fingerprint density at radius 1 is 1.08 bits per heavy atom. The van der Waals surface area contributed by atoms with Crippen molar-refractivity contribution in [2.75, 3.05) is 26.2 Å². The van der Waals surface area contributed by atoms with E-state index in [2.05, 4.69) is 10.5 Å². The van der Waals surface area contributed by atoms with E-state index in [1.807, 2.05) is 18.2 Å². The molecule has 0 aliphatic carbocycles. The molecule has 0 spiro atoms. The highest BCUT2D eigenvalue weighted by atomic mass is 35.5. The van der Waals surface area contributed by atoms with Crippen LogP contribution in [0.4, 0.5) is 0 Å². The van der Waals surface area contributed by atoms with Crippen LogP contribution >= 0.6 is 11.6 Å². The van der Waals surface area contributed by atoms with Crippen molar-refractivity contribution in [1.82, 2.24) is 15.2 Å². The van der Waals surface area contributed by atoms with Crippen LogP contribution in [-0.2, 0) is 20.8 Å². The molecule has 1 saturated heterocycles. The Hall–Kier alpha value is -2.41. The van der Waals surface area contributed by atoms with Crippen molar-refractivity contribution in [3.63, 3.8) is 0 Å². The van der Waals surface area contributed by atoms with Crippen LogP contribution in [0.25, 0.3) is 0 Å². The first-order valence-corrected chi connectivity index (χ1v) is 8.58. The van der Waals surface area contributed by atoms with E-state index < -0.39 is 0 Å². The average molecular weight is 363 g/mol. The number of nitrogens with one attached hydrogen (secondary N) is 1. The van der Waals surface area contributed by atoms with Gasteiger partial charge in [-0.15, -0.1) is 0 Å². The van der Waals surface area contributed by atoms with Crippen LogP contribution in [0.2, 0.25) is 5.02 Å². The summed E-state index contributed by atoms with van der Waals surface area (Å²) in [5.41, 5.74) is 3.51. The number of nitrogens with zero attached hydrogens (tertiary/aromatic N) is 3. The van der Waals surface area contributed by atoms with E-state index in [1.165, 1.54) is 0 Å². The molecule has 3 amide bonds. The Morgan fingerprint density at radius 2 is 1.76 bits per heavy atom. The van der Waals surface area contributed by atoms with Gasteiger partial charge in [0.2, 0.25) is 11.8 Å². The standard InChI is InChI=1S/C17H19ClN4O3/c18-13-4-2-1-3-12(13)11-16(24)21-7-9-22(10-8-21)17(25)14-5-6-15(23)20-19-14/h1-4H,5-11H2,(H,20,23). The summed E-state index contributed by atoms with van der Waals surface area (Å²) in [6.07, 6.45) is 0.892. The van der Waals surface area contributed by atoms with E-state index in [-0.39, 0.29) is 30.6 Å². The fourth-order valence-corrected chi connectivity index (χ4v) is 3.09. The SMILES string of the molecule is O=C1CCC(C(=O)N2CCN(C(=O)Cc3ccccc3Cl)CC2)=NN1. The predicted molar refractivity (Wildman–Crippen MR) is 93.1 cm³/mol. The van der Waals surface area contributed by atoms with Crippen molar-refractivity contribution in [3.05, 3.63) is 34.9 Å². The van der Waals surface area contributed by atoms with Gasteiger partial charge in [-0.25, -0.2) is 5.43 Å². The predicted octanol–water partition coefficient (Wildman–Crippen LogP) is 0.819. The van der Waals surface area contributed by atoms with E-state index in [0.29, 0.717) is 43.3 Å². The third-order valence-electron chi connectivity index (χ3n) is 4.37. The molecule has 25 heavy (non-hydrogen) atoms. The molecule has 0 saturated carbocycles. The van der Waals surface area contributed by atoms with Gasteiger partial charge in [-0.2, -0.15) is 5.10 Å². The van der Waals surface area contributed by atoms with Crippen LogP contribution < -0.4 is 5.43 Å². The van der Waals surface area contributed by atoms with Gasteiger partial charge in [0, 0.05) is 44.0 Å². The van der Waals surface area contributed by atoms with Gasteiger partial charge in [-0.3, -0.25) is 14.4 Å². The molecule has 0 unspecified atom stereocenters. The number of rotatable bonds is 3. The molecule has 7 nitrogen and oxygen atoms in total. The van der Waals surface area contributed by atoms with Gasteiger partial charge < -0.3 is 9.80 Å². The van der Waals surface area contributed by atoms with Crippen molar-refractivity contribution < 1.29 is 14.4 Å². The number of carbonyl (C=O) groups is 3. The summed E-state index contributed by atoms with van der Waals surface area (Å²) < 4.78 is 0. The van der Waals surface area contributed by atoms with E-state index in [0.717, 1.165) is 5.56 Å². The first-order valence-electron chi connectivity index (χ1n) is 8.20. The van der Waals surface area contributed by atoms with E-state index in [9.17, 15) is 14.4 Å². The Kier molecular flexibility index (Phi) is 5.33. The van der Waals surface area contributed by atoms with Gasteiger partial charge in [-0.1, -0.05) is 29.8 Å². The molecule has 0 atom stereocenters. The lowest BCUT2D eigenvalue weighted by Gasteiger charge is -2.35. The van der Waals surface area contributed by atoms with Crippen molar-refractivity contribution in [2.24, 2.45) is 5.10 Å². The van der Waals surface area contributed by atoms with Gasteiger partial charge in [0.1, 0.15) is 5.71 Å². The topological polar surface area (TPSA) is 82.1 Å². The van der Waals surface area contributed by atoms with Gasteiger partial charge in [0.05, 0.1) is 6.42 Å². The Bertz CT molecular complexity index is 726. The molecule has 3 rings (SSSR count). The fourth-order valence-electron chi connectivity index (χ4n) is 2.89. The van der Waals surface area contributed by atoms with Gasteiger partial charge in [0.25, 0.3) is 5.91 Å². The zero-order valence-corrected chi connectivity index (χ0v) is 14.5. The minimum atomic E-state index is -0.175. The molecule has 132 valence electrons. The minimum Gasteiger partial charge on any atom is -0.339 e. The number of benzene rings is 1. The van der Waals surface area contributed by atoms with E-state index in [1.54, 1.807) is 15.9 Å².